The predicted molar refractivity (Wildman–Crippen MR) is 131 cm³/mol. The first-order chi connectivity index (χ1) is 16.5. The Hall–Kier alpha value is -4.26. The summed E-state index contributed by atoms with van der Waals surface area (Å²) < 4.78 is 16.2. The molecule has 0 aliphatic carbocycles. The lowest BCUT2D eigenvalue weighted by Gasteiger charge is -2.16. The van der Waals surface area contributed by atoms with Gasteiger partial charge >= 0.3 is 0 Å². The summed E-state index contributed by atoms with van der Waals surface area (Å²) in [6, 6.07) is 19.6. The van der Waals surface area contributed by atoms with Crippen LogP contribution in [0.5, 0.6) is 17.2 Å². The molecule has 0 bridgehead atoms. The molecule has 0 saturated heterocycles. The average Bonchev–Trinajstić information content (AvgIpc) is 3.09. The van der Waals surface area contributed by atoms with Gasteiger partial charge in [-0.2, -0.15) is 0 Å². The first-order valence-corrected chi connectivity index (χ1v) is 10.9. The first-order valence-electron chi connectivity index (χ1n) is 10.9. The van der Waals surface area contributed by atoms with Gasteiger partial charge in [-0.15, -0.1) is 0 Å². The van der Waals surface area contributed by atoms with Crippen LogP contribution in [0.15, 0.2) is 72.4 Å². The fourth-order valence-electron chi connectivity index (χ4n) is 3.76. The van der Waals surface area contributed by atoms with E-state index in [9.17, 15) is 9.59 Å². The van der Waals surface area contributed by atoms with Crippen molar-refractivity contribution in [3.8, 4) is 17.2 Å². The highest BCUT2D eigenvalue weighted by Crippen LogP contribution is 2.37. The van der Waals surface area contributed by atoms with Crippen molar-refractivity contribution in [2.24, 2.45) is 0 Å². The minimum absolute atomic E-state index is 0.172. The van der Waals surface area contributed by atoms with E-state index in [1.165, 1.54) is 12.0 Å². The molecule has 2 amide bonds. The van der Waals surface area contributed by atoms with E-state index in [2.05, 4.69) is 5.32 Å². The van der Waals surface area contributed by atoms with Crippen molar-refractivity contribution in [2.75, 3.05) is 31.0 Å². The molecule has 0 aromatic heterocycles. The monoisotopic (exact) mass is 458 g/mol. The smallest absolute Gasteiger partial charge is 0.282 e. The number of anilines is 2. The third-order valence-corrected chi connectivity index (χ3v) is 5.50. The lowest BCUT2D eigenvalue weighted by Crippen LogP contribution is -2.32. The Morgan fingerprint density at radius 1 is 0.824 bits per heavy atom. The summed E-state index contributed by atoms with van der Waals surface area (Å²) in [4.78, 5) is 28.4. The van der Waals surface area contributed by atoms with Gasteiger partial charge in [-0.05, 0) is 55.8 Å². The van der Waals surface area contributed by atoms with Crippen LogP contribution in [0.2, 0.25) is 0 Å². The molecule has 1 aliphatic rings. The Balaban J connectivity index is 1.78. The van der Waals surface area contributed by atoms with Crippen molar-refractivity contribution in [2.45, 2.75) is 13.8 Å². The molecule has 0 atom stereocenters. The summed E-state index contributed by atoms with van der Waals surface area (Å²) in [7, 11) is 3.09. The fourth-order valence-corrected chi connectivity index (χ4v) is 3.76. The number of aryl methyl sites for hydroxylation is 1. The summed E-state index contributed by atoms with van der Waals surface area (Å²) >= 11 is 0. The van der Waals surface area contributed by atoms with Gasteiger partial charge in [0.15, 0.2) is 0 Å². The van der Waals surface area contributed by atoms with Crippen LogP contribution < -0.4 is 24.4 Å². The number of benzene rings is 3. The van der Waals surface area contributed by atoms with Gasteiger partial charge in [-0.3, -0.25) is 9.59 Å². The molecule has 4 rings (SSSR count). The van der Waals surface area contributed by atoms with E-state index >= 15 is 0 Å². The van der Waals surface area contributed by atoms with Crippen molar-refractivity contribution in [3.05, 3.63) is 83.6 Å². The minimum Gasteiger partial charge on any atom is -0.497 e. The number of nitrogens with one attached hydrogen (secondary N) is 1. The molecule has 1 aliphatic heterocycles. The SMILES string of the molecule is CCOc1ccc(N2C(=O)C(Nc3ccc(OC)cc3OC)=C(c3ccc(C)cc3)C2=O)cc1. The summed E-state index contributed by atoms with van der Waals surface area (Å²) in [6.45, 7) is 4.38. The van der Waals surface area contributed by atoms with E-state index in [1.54, 1.807) is 49.6 Å². The topological polar surface area (TPSA) is 77.1 Å². The van der Waals surface area contributed by atoms with Gasteiger partial charge in [0.2, 0.25) is 0 Å². The van der Waals surface area contributed by atoms with Gasteiger partial charge in [-0.25, -0.2) is 4.90 Å². The number of rotatable bonds is 8. The van der Waals surface area contributed by atoms with Crippen molar-refractivity contribution in [3.63, 3.8) is 0 Å². The molecule has 3 aromatic carbocycles. The minimum atomic E-state index is -0.456. The third-order valence-electron chi connectivity index (χ3n) is 5.50. The van der Waals surface area contributed by atoms with Crippen LogP contribution in [0.4, 0.5) is 11.4 Å². The van der Waals surface area contributed by atoms with E-state index in [-0.39, 0.29) is 11.3 Å². The fraction of sp³-hybridized carbons (Fsp3) is 0.185. The molecule has 34 heavy (non-hydrogen) atoms. The highest BCUT2D eigenvalue weighted by Gasteiger charge is 2.40. The summed E-state index contributed by atoms with van der Waals surface area (Å²) in [5.41, 5.74) is 3.16. The molecule has 0 saturated carbocycles. The van der Waals surface area contributed by atoms with Crippen molar-refractivity contribution >= 4 is 28.8 Å². The predicted octanol–water partition coefficient (Wildman–Crippen LogP) is 4.81. The molecule has 174 valence electrons. The van der Waals surface area contributed by atoms with E-state index < -0.39 is 11.8 Å². The number of carbonyl (C=O) groups is 2. The zero-order valence-corrected chi connectivity index (χ0v) is 19.5. The maximum atomic E-state index is 13.6. The van der Waals surface area contributed by atoms with Crippen LogP contribution in [0.1, 0.15) is 18.1 Å². The van der Waals surface area contributed by atoms with Crippen molar-refractivity contribution < 1.29 is 23.8 Å². The molecular weight excluding hydrogens is 432 g/mol. The van der Waals surface area contributed by atoms with Crippen molar-refractivity contribution in [1.82, 2.24) is 0 Å². The molecule has 7 nitrogen and oxygen atoms in total. The highest BCUT2D eigenvalue weighted by molar-refractivity contribution is 6.46. The van der Waals surface area contributed by atoms with Gasteiger partial charge in [0.1, 0.15) is 22.9 Å². The molecule has 1 heterocycles. The Bertz CT molecular complexity index is 1250. The second kappa shape index (κ2) is 9.70. The van der Waals surface area contributed by atoms with E-state index in [0.717, 1.165) is 5.56 Å². The number of hydrogen-bond acceptors (Lipinski definition) is 6. The second-order valence-corrected chi connectivity index (χ2v) is 7.68. The molecule has 0 radical (unpaired) electrons. The van der Waals surface area contributed by atoms with E-state index in [4.69, 9.17) is 14.2 Å². The quantitative estimate of drug-likeness (QED) is 0.489. The second-order valence-electron chi connectivity index (χ2n) is 7.68. The summed E-state index contributed by atoms with van der Waals surface area (Å²) in [5.74, 6) is 0.892. The number of imide groups is 1. The Labute approximate surface area is 198 Å². The average molecular weight is 459 g/mol. The van der Waals surface area contributed by atoms with E-state index in [1.807, 2.05) is 38.1 Å². The van der Waals surface area contributed by atoms with Gasteiger partial charge in [-0.1, -0.05) is 29.8 Å². The molecule has 3 aromatic rings. The first kappa shape index (κ1) is 22.9. The molecule has 7 heteroatoms. The van der Waals surface area contributed by atoms with Gasteiger partial charge in [0.05, 0.1) is 37.8 Å². The lowest BCUT2D eigenvalue weighted by atomic mass is 10.0. The van der Waals surface area contributed by atoms with Crippen LogP contribution in [-0.2, 0) is 9.59 Å². The number of hydrogen-bond donors (Lipinski definition) is 1. The zero-order valence-electron chi connectivity index (χ0n) is 19.5. The normalized spacial score (nSPS) is 13.4. The summed E-state index contributed by atoms with van der Waals surface area (Å²) in [6.07, 6.45) is 0. The van der Waals surface area contributed by atoms with Crippen LogP contribution in [0.3, 0.4) is 0 Å². The van der Waals surface area contributed by atoms with Crippen molar-refractivity contribution in [1.29, 1.82) is 0 Å². The van der Waals surface area contributed by atoms with Gasteiger partial charge in [0.25, 0.3) is 11.8 Å². The number of carbonyl (C=O) groups excluding carboxylic acids is 2. The van der Waals surface area contributed by atoms with Crippen LogP contribution >= 0.6 is 0 Å². The number of methoxy groups -OCH3 is 2. The number of amides is 2. The van der Waals surface area contributed by atoms with Gasteiger partial charge < -0.3 is 19.5 Å². The molecule has 0 fully saturated rings. The standard InChI is InChI=1S/C27H26N2O5/c1-5-34-20-12-10-19(11-13-20)29-26(30)24(18-8-6-17(2)7-9-18)25(27(29)31)28-22-15-14-21(32-3)16-23(22)33-4/h6-16,28H,5H2,1-4H3. The molecular formula is C27H26N2O5. The van der Waals surface area contributed by atoms with Crippen LogP contribution in [0, 0.1) is 6.92 Å². The largest absolute Gasteiger partial charge is 0.497 e. The summed E-state index contributed by atoms with van der Waals surface area (Å²) in [5, 5.41) is 3.15. The maximum absolute atomic E-state index is 13.6. The third kappa shape index (κ3) is 4.32. The van der Waals surface area contributed by atoms with Crippen LogP contribution in [0.25, 0.3) is 5.57 Å². The Morgan fingerprint density at radius 3 is 2.12 bits per heavy atom. The van der Waals surface area contributed by atoms with Gasteiger partial charge in [0, 0.05) is 6.07 Å². The maximum Gasteiger partial charge on any atom is 0.282 e. The Kier molecular flexibility index (Phi) is 6.54. The lowest BCUT2D eigenvalue weighted by molar-refractivity contribution is -0.120. The molecule has 1 N–H and O–H groups in total. The number of ether oxygens (including phenoxy) is 3. The zero-order chi connectivity index (χ0) is 24.2. The number of nitrogens with zero attached hydrogens (tertiary/aromatic N) is 1. The van der Waals surface area contributed by atoms with Crippen LogP contribution in [-0.4, -0.2) is 32.6 Å². The molecule has 0 spiro atoms. The highest BCUT2D eigenvalue weighted by atomic mass is 16.5. The molecule has 0 unspecified atom stereocenters. The Morgan fingerprint density at radius 2 is 1.50 bits per heavy atom. The van der Waals surface area contributed by atoms with E-state index in [0.29, 0.717) is 40.8 Å².